The zero-order valence-corrected chi connectivity index (χ0v) is 12.0. The molecule has 1 N–H and O–H groups in total. The highest BCUT2D eigenvalue weighted by Gasteiger charge is 2.38. The van der Waals surface area contributed by atoms with Crippen molar-refractivity contribution in [3.05, 3.63) is 30.3 Å². The van der Waals surface area contributed by atoms with Gasteiger partial charge in [0.2, 0.25) is 0 Å². The van der Waals surface area contributed by atoms with Crippen LogP contribution >= 0.6 is 24.0 Å². The number of rotatable bonds is 1. The normalized spacial score (nSPS) is 22.3. The Labute approximate surface area is 122 Å². The van der Waals surface area contributed by atoms with Crippen LogP contribution in [0.5, 0.6) is 0 Å². The topological polar surface area (TPSA) is 35.6 Å². The van der Waals surface area contributed by atoms with Gasteiger partial charge in [0.15, 0.2) is 0 Å². The Balaban J connectivity index is 1.71. The molecule has 100 valence electrons. The number of fused-ring (bicyclic) bond motifs is 1. The molecule has 0 bridgehead atoms. The van der Waals surface area contributed by atoms with E-state index in [2.05, 4.69) is 10.2 Å². The average molecular weight is 293 g/mol. The zero-order valence-electron chi connectivity index (χ0n) is 10.4. The number of carbonyl (C=O) groups is 1. The molecule has 19 heavy (non-hydrogen) atoms. The number of nitrogens with zero attached hydrogens (tertiary/aromatic N) is 2. The molecule has 2 amide bonds. The maximum absolute atomic E-state index is 12.4. The van der Waals surface area contributed by atoms with E-state index in [-0.39, 0.29) is 12.2 Å². The van der Waals surface area contributed by atoms with Crippen LogP contribution in [0.4, 0.5) is 10.5 Å². The van der Waals surface area contributed by atoms with Crippen LogP contribution < -0.4 is 5.32 Å². The lowest BCUT2D eigenvalue weighted by molar-refractivity contribution is 0.107. The van der Waals surface area contributed by atoms with Crippen molar-refractivity contribution in [2.24, 2.45) is 0 Å². The number of para-hydroxylation sites is 1. The maximum atomic E-state index is 12.4. The molecule has 2 aliphatic heterocycles. The number of anilines is 1. The first-order valence-corrected chi connectivity index (χ1v) is 7.71. The summed E-state index contributed by atoms with van der Waals surface area (Å²) in [5, 5.41) is 2.95. The van der Waals surface area contributed by atoms with Crippen molar-refractivity contribution >= 4 is 40.0 Å². The summed E-state index contributed by atoms with van der Waals surface area (Å²) in [6, 6.07) is 9.52. The van der Waals surface area contributed by atoms with Gasteiger partial charge in [0, 0.05) is 24.5 Å². The van der Waals surface area contributed by atoms with Gasteiger partial charge >= 0.3 is 6.03 Å². The van der Waals surface area contributed by atoms with Gasteiger partial charge in [0.1, 0.15) is 10.5 Å². The second-order valence-corrected chi connectivity index (χ2v) is 6.25. The Morgan fingerprint density at radius 1 is 1.32 bits per heavy atom. The van der Waals surface area contributed by atoms with Crippen molar-refractivity contribution in [3.63, 3.8) is 0 Å². The van der Waals surface area contributed by atoms with Crippen molar-refractivity contribution in [1.82, 2.24) is 9.80 Å². The number of nitrogens with one attached hydrogen (secondary N) is 1. The fraction of sp³-hybridized carbons (Fsp3) is 0.385. The van der Waals surface area contributed by atoms with Gasteiger partial charge in [-0.1, -0.05) is 42.2 Å². The lowest BCUT2D eigenvalue weighted by Crippen LogP contribution is -2.55. The standard InChI is InChI=1S/C13H15N3OS2/c17-12(14-10-5-2-1-3-6-10)15-7-4-8-16-11(15)9-19-13(16)18/h1-3,5-6,11H,4,7-9H2,(H,14,17)/t11-/m0/s1. The summed E-state index contributed by atoms with van der Waals surface area (Å²) in [6.45, 7) is 1.76. The third kappa shape index (κ3) is 2.55. The number of hydrogen-bond acceptors (Lipinski definition) is 3. The second-order valence-electron chi connectivity index (χ2n) is 4.59. The summed E-state index contributed by atoms with van der Waals surface area (Å²) in [5.41, 5.74) is 0.831. The van der Waals surface area contributed by atoms with E-state index >= 15 is 0 Å². The van der Waals surface area contributed by atoms with Gasteiger partial charge in [-0.3, -0.25) is 0 Å². The van der Waals surface area contributed by atoms with E-state index < -0.39 is 0 Å². The Morgan fingerprint density at radius 3 is 2.89 bits per heavy atom. The van der Waals surface area contributed by atoms with E-state index in [0.717, 1.165) is 35.3 Å². The van der Waals surface area contributed by atoms with E-state index in [1.807, 2.05) is 35.2 Å². The molecule has 6 heteroatoms. The molecule has 2 fully saturated rings. The molecule has 0 unspecified atom stereocenters. The molecule has 0 aromatic heterocycles. The van der Waals surface area contributed by atoms with Crippen LogP contribution in [0.1, 0.15) is 6.42 Å². The smallest absolute Gasteiger partial charge is 0.323 e. The predicted octanol–water partition coefficient (Wildman–Crippen LogP) is 2.58. The first-order valence-electron chi connectivity index (χ1n) is 6.32. The molecule has 3 rings (SSSR count). The summed E-state index contributed by atoms with van der Waals surface area (Å²) in [5.74, 6) is 0.876. The van der Waals surface area contributed by atoms with Crippen molar-refractivity contribution < 1.29 is 4.79 Å². The van der Waals surface area contributed by atoms with Gasteiger partial charge < -0.3 is 15.1 Å². The quantitative estimate of drug-likeness (QED) is 0.807. The first-order chi connectivity index (χ1) is 9.25. The molecule has 0 aliphatic carbocycles. The summed E-state index contributed by atoms with van der Waals surface area (Å²) in [7, 11) is 0. The van der Waals surface area contributed by atoms with Crippen molar-refractivity contribution in [2.75, 3.05) is 24.2 Å². The van der Waals surface area contributed by atoms with Crippen LogP contribution in [0.15, 0.2) is 30.3 Å². The Kier molecular flexibility index (Phi) is 3.61. The highest BCUT2D eigenvalue weighted by Crippen LogP contribution is 2.30. The van der Waals surface area contributed by atoms with Gasteiger partial charge in [-0.2, -0.15) is 0 Å². The molecular weight excluding hydrogens is 278 g/mol. The summed E-state index contributed by atoms with van der Waals surface area (Å²) in [6.07, 6.45) is 1.09. The highest BCUT2D eigenvalue weighted by molar-refractivity contribution is 8.23. The minimum absolute atomic E-state index is 0.0359. The second kappa shape index (κ2) is 5.38. The van der Waals surface area contributed by atoms with Crippen LogP contribution in [0.3, 0.4) is 0 Å². The van der Waals surface area contributed by atoms with Gasteiger partial charge in [-0.05, 0) is 18.6 Å². The van der Waals surface area contributed by atoms with E-state index in [1.165, 1.54) is 0 Å². The lowest BCUT2D eigenvalue weighted by atomic mass is 10.2. The molecule has 4 nitrogen and oxygen atoms in total. The number of urea groups is 1. The van der Waals surface area contributed by atoms with E-state index in [4.69, 9.17) is 12.2 Å². The van der Waals surface area contributed by atoms with Gasteiger partial charge in [0.25, 0.3) is 0 Å². The minimum Gasteiger partial charge on any atom is -0.336 e. The molecule has 2 heterocycles. The first kappa shape index (κ1) is 12.7. The molecule has 2 saturated heterocycles. The molecule has 0 spiro atoms. The number of carbonyl (C=O) groups excluding carboxylic acids is 1. The van der Waals surface area contributed by atoms with Crippen molar-refractivity contribution in [2.45, 2.75) is 12.6 Å². The number of amides is 2. The number of thiocarbonyl (C=S) groups is 1. The van der Waals surface area contributed by atoms with Crippen molar-refractivity contribution in [1.29, 1.82) is 0 Å². The third-order valence-corrected chi connectivity index (χ3v) is 4.93. The van der Waals surface area contributed by atoms with E-state index in [1.54, 1.807) is 11.8 Å². The maximum Gasteiger partial charge on any atom is 0.323 e. The predicted molar refractivity (Wildman–Crippen MR) is 82.3 cm³/mol. The number of benzene rings is 1. The number of hydrogen-bond donors (Lipinski definition) is 1. The molecule has 0 radical (unpaired) electrons. The monoisotopic (exact) mass is 293 g/mol. The largest absolute Gasteiger partial charge is 0.336 e. The molecular formula is C13H15N3OS2. The SMILES string of the molecule is O=C(Nc1ccccc1)N1CCCN2C(=S)SC[C@@H]12. The molecule has 1 aromatic rings. The Morgan fingerprint density at radius 2 is 2.11 bits per heavy atom. The Bertz CT molecular complexity index is 494. The van der Waals surface area contributed by atoms with Crippen LogP contribution in [0, 0.1) is 0 Å². The van der Waals surface area contributed by atoms with Crippen LogP contribution in [0.25, 0.3) is 0 Å². The van der Waals surface area contributed by atoms with Gasteiger partial charge in [-0.15, -0.1) is 0 Å². The van der Waals surface area contributed by atoms with Gasteiger partial charge in [0.05, 0.1) is 0 Å². The van der Waals surface area contributed by atoms with Crippen LogP contribution in [0.2, 0.25) is 0 Å². The lowest BCUT2D eigenvalue weighted by Gasteiger charge is -2.39. The van der Waals surface area contributed by atoms with Crippen molar-refractivity contribution in [3.8, 4) is 0 Å². The van der Waals surface area contributed by atoms with E-state index in [0.29, 0.717) is 0 Å². The molecule has 0 saturated carbocycles. The zero-order chi connectivity index (χ0) is 13.2. The summed E-state index contributed by atoms with van der Waals surface area (Å²) >= 11 is 6.98. The highest BCUT2D eigenvalue weighted by atomic mass is 32.2. The molecule has 1 aromatic carbocycles. The molecule has 1 atom stereocenters. The minimum atomic E-state index is -0.0359. The van der Waals surface area contributed by atoms with Crippen LogP contribution in [-0.4, -0.2) is 45.2 Å². The fourth-order valence-electron chi connectivity index (χ4n) is 2.45. The number of thioether (sulfide) groups is 1. The summed E-state index contributed by atoms with van der Waals surface area (Å²) in [4.78, 5) is 16.4. The summed E-state index contributed by atoms with van der Waals surface area (Å²) < 4.78 is 0.919. The molecule has 2 aliphatic rings. The Hall–Kier alpha value is -1.27. The van der Waals surface area contributed by atoms with Crippen LogP contribution in [-0.2, 0) is 0 Å². The third-order valence-electron chi connectivity index (χ3n) is 3.39. The fourth-order valence-corrected chi connectivity index (χ4v) is 3.90. The van der Waals surface area contributed by atoms with Gasteiger partial charge in [-0.25, -0.2) is 4.79 Å². The average Bonchev–Trinajstić information content (AvgIpc) is 2.82. The van der Waals surface area contributed by atoms with E-state index in [9.17, 15) is 4.79 Å².